The zero-order valence-corrected chi connectivity index (χ0v) is 19.1. The largest absolute Gasteiger partial charge is 0.350 e. The summed E-state index contributed by atoms with van der Waals surface area (Å²) < 4.78 is 27.6. The number of rotatable bonds is 7. The van der Waals surface area contributed by atoms with Crippen molar-refractivity contribution in [2.75, 3.05) is 17.1 Å². The molecule has 0 spiro atoms. The fourth-order valence-electron chi connectivity index (χ4n) is 3.11. The van der Waals surface area contributed by atoms with Gasteiger partial charge >= 0.3 is 0 Å². The number of nitrogens with one attached hydrogen (secondary N) is 1. The molecule has 164 valence electrons. The Labute approximate surface area is 183 Å². The number of carbonyl (C=O) groups excluding carboxylic acids is 1. The number of anilines is 1. The van der Waals surface area contributed by atoms with Gasteiger partial charge in [-0.2, -0.15) is 0 Å². The zero-order chi connectivity index (χ0) is 22.6. The minimum atomic E-state index is -3.61. The van der Waals surface area contributed by atoms with Crippen molar-refractivity contribution in [2.24, 2.45) is 0 Å². The third kappa shape index (κ3) is 5.95. The number of aromatic nitrogens is 2. The highest BCUT2D eigenvalue weighted by Crippen LogP contribution is 2.25. The molecule has 31 heavy (non-hydrogen) atoms. The minimum absolute atomic E-state index is 0.0424. The van der Waals surface area contributed by atoms with Crippen molar-refractivity contribution in [1.29, 1.82) is 0 Å². The van der Waals surface area contributed by atoms with E-state index in [2.05, 4.69) is 31.1 Å². The van der Waals surface area contributed by atoms with Gasteiger partial charge in [-0.05, 0) is 40.8 Å². The van der Waals surface area contributed by atoms with E-state index in [4.69, 9.17) is 0 Å². The number of benzene rings is 2. The number of carbonyl (C=O) groups is 1. The Morgan fingerprint density at radius 3 is 2.23 bits per heavy atom. The van der Waals surface area contributed by atoms with Crippen molar-refractivity contribution >= 4 is 21.6 Å². The number of amides is 1. The lowest BCUT2D eigenvalue weighted by Gasteiger charge is -2.24. The van der Waals surface area contributed by atoms with Crippen LogP contribution < -0.4 is 9.62 Å². The molecule has 1 N–H and O–H groups in total. The van der Waals surface area contributed by atoms with Gasteiger partial charge < -0.3 is 9.88 Å². The molecule has 0 bridgehead atoms. The molecule has 0 radical (unpaired) electrons. The van der Waals surface area contributed by atoms with Gasteiger partial charge in [-0.3, -0.25) is 9.10 Å². The number of nitrogens with zero attached hydrogens (tertiary/aromatic N) is 3. The molecule has 1 aromatic heterocycles. The Hall–Kier alpha value is -3.13. The average molecular weight is 441 g/mol. The predicted octanol–water partition coefficient (Wildman–Crippen LogP) is 3.25. The topological polar surface area (TPSA) is 84.3 Å². The van der Waals surface area contributed by atoms with Crippen molar-refractivity contribution in [3.63, 3.8) is 0 Å². The second-order valence-electron chi connectivity index (χ2n) is 8.48. The molecule has 0 saturated heterocycles. The molecule has 0 atom stereocenters. The van der Waals surface area contributed by atoms with Gasteiger partial charge in [-0.15, -0.1) is 0 Å². The van der Waals surface area contributed by atoms with E-state index in [9.17, 15) is 13.2 Å². The lowest BCUT2D eigenvalue weighted by molar-refractivity contribution is -0.119. The van der Waals surface area contributed by atoms with Crippen molar-refractivity contribution in [3.8, 4) is 5.69 Å². The third-order valence-electron chi connectivity index (χ3n) is 4.94. The van der Waals surface area contributed by atoms with E-state index in [0.717, 1.165) is 27.4 Å². The summed E-state index contributed by atoms with van der Waals surface area (Å²) in [4.78, 5) is 16.5. The van der Waals surface area contributed by atoms with Crippen LogP contribution in [0.4, 0.5) is 5.69 Å². The Balaban J connectivity index is 1.65. The molecule has 0 aliphatic carbocycles. The Morgan fingerprint density at radius 2 is 1.71 bits per heavy atom. The first-order valence-electron chi connectivity index (χ1n) is 9.96. The average Bonchev–Trinajstić information content (AvgIpc) is 3.24. The van der Waals surface area contributed by atoms with Crippen LogP contribution >= 0.6 is 0 Å². The lowest BCUT2D eigenvalue weighted by Crippen LogP contribution is -2.40. The normalized spacial score (nSPS) is 11.9. The maximum Gasteiger partial charge on any atom is 0.241 e. The molecule has 0 fully saturated rings. The van der Waals surface area contributed by atoms with Crippen molar-refractivity contribution < 1.29 is 13.2 Å². The summed E-state index contributed by atoms with van der Waals surface area (Å²) in [6.45, 7) is 6.30. The molecule has 3 aromatic rings. The Kier molecular flexibility index (Phi) is 6.50. The molecular formula is C23H28N4O3S. The standard InChI is InChI=1S/C23H28N4O3S/c1-23(2,3)19-7-11-21(12-8-19)27(31(4,29)30)16-22(28)25-15-18-5-9-20(10-6-18)26-14-13-24-17-26/h5-14,17H,15-16H2,1-4H3,(H,25,28). The number of sulfonamides is 1. The molecule has 7 nitrogen and oxygen atoms in total. The van der Waals surface area contributed by atoms with E-state index in [1.807, 2.05) is 47.2 Å². The van der Waals surface area contributed by atoms with Crippen LogP contribution in [0.15, 0.2) is 67.3 Å². The quantitative estimate of drug-likeness (QED) is 0.611. The number of imidazole rings is 1. The van der Waals surface area contributed by atoms with Crippen LogP contribution in [0.2, 0.25) is 0 Å². The Bertz CT molecular complexity index is 1120. The van der Waals surface area contributed by atoms with Crippen LogP contribution in [0, 0.1) is 0 Å². The summed E-state index contributed by atoms with van der Waals surface area (Å²) in [5, 5.41) is 2.80. The van der Waals surface area contributed by atoms with E-state index in [0.29, 0.717) is 12.2 Å². The molecule has 0 saturated carbocycles. The molecule has 0 unspecified atom stereocenters. The highest BCUT2D eigenvalue weighted by atomic mass is 32.2. The maximum atomic E-state index is 12.5. The number of hydrogen-bond donors (Lipinski definition) is 1. The summed E-state index contributed by atoms with van der Waals surface area (Å²) in [5.41, 5.74) is 3.40. The highest BCUT2D eigenvalue weighted by molar-refractivity contribution is 7.92. The lowest BCUT2D eigenvalue weighted by atomic mass is 9.87. The van der Waals surface area contributed by atoms with Crippen LogP contribution in [0.3, 0.4) is 0 Å². The molecular weight excluding hydrogens is 412 g/mol. The zero-order valence-electron chi connectivity index (χ0n) is 18.2. The fraction of sp³-hybridized carbons (Fsp3) is 0.304. The van der Waals surface area contributed by atoms with E-state index in [1.54, 1.807) is 24.7 Å². The summed E-state index contributed by atoms with van der Waals surface area (Å²) in [5.74, 6) is -0.371. The fourth-order valence-corrected chi connectivity index (χ4v) is 3.97. The van der Waals surface area contributed by atoms with Gasteiger partial charge in [0.05, 0.1) is 18.3 Å². The van der Waals surface area contributed by atoms with Gasteiger partial charge in [-0.1, -0.05) is 45.0 Å². The van der Waals surface area contributed by atoms with E-state index >= 15 is 0 Å². The molecule has 1 amide bonds. The molecule has 0 aliphatic heterocycles. The van der Waals surface area contributed by atoms with Gasteiger partial charge in [0.2, 0.25) is 15.9 Å². The Morgan fingerprint density at radius 1 is 1.06 bits per heavy atom. The second kappa shape index (κ2) is 8.93. The van der Waals surface area contributed by atoms with Crippen LogP contribution in [-0.2, 0) is 26.8 Å². The number of hydrogen-bond acceptors (Lipinski definition) is 4. The SMILES string of the molecule is CC(C)(C)c1ccc(N(CC(=O)NCc2ccc(-n3ccnc3)cc2)S(C)(=O)=O)cc1. The molecule has 2 aromatic carbocycles. The molecule has 3 rings (SSSR count). The van der Waals surface area contributed by atoms with Gasteiger partial charge in [0.1, 0.15) is 6.54 Å². The van der Waals surface area contributed by atoms with Crippen LogP contribution in [0.25, 0.3) is 5.69 Å². The summed E-state index contributed by atoms with van der Waals surface area (Å²) in [6, 6.07) is 15.0. The van der Waals surface area contributed by atoms with E-state index in [1.165, 1.54) is 0 Å². The summed E-state index contributed by atoms with van der Waals surface area (Å²) >= 11 is 0. The predicted molar refractivity (Wildman–Crippen MR) is 123 cm³/mol. The second-order valence-corrected chi connectivity index (χ2v) is 10.4. The van der Waals surface area contributed by atoms with Crippen molar-refractivity contribution in [3.05, 3.63) is 78.4 Å². The van der Waals surface area contributed by atoms with Gasteiger partial charge in [-0.25, -0.2) is 13.4 Å². The molecule has 0 aliphatic rings. The van der Waals surface area contributed by atoms with Crippen molar-refractivity contribution in [1.82, 2.24) is 14.9 Å². The van der Waals surface area contributed by atoms with E-state index < -0.39 is 10.0 Å². The first-order chi connectivity index (χ1) is 14.5. The van der Waals surface area contributed by atoms with Gasteiger partial charge in [0, 0.05) is 24.6 Å². The molecule has 8 heteroatoms. The van der Waals surface area contributed by atoms with Crippen LogP contribution in [0.5, 0.6) is 0 Å². The van der Waals surface area contributed by atoms with Crippen molar-refractivity contribution in [2.45, 2.75) is 32.7 Å². The first-order valence-corrected chi connectivity index (χ1v) is 11.8. The van der Waals surface area contributed by atoms with E-state index in [-0.39, 0.29) is 17.9 Å². The smallest absolute Gasteiger partial charge is 0.241 e. The summed E-state index contributed by atoms with van der Waals surface area (Å²) in [6.07, 6.45) is 6.38. The van der Waals surface area contributed by atoms with Gasteiger partial charge in [0.15, 0.2) is 0 Å². The monoisotopic (exact) mass is 440 g/mol. The minimum Gasteiger partial charge on any atom is -0.350 e. The first kappa shape index (κ1) is 22.6. The highest BCUT2D eigenvalue weighted by Gasteiger charge is 2.22. The van der Waals surface area contributed by atoms with Gasteiger partial charge in [0.25, 0.3) is 0 Å². The maximum absolute atomic E-state index is 12.5. The van der Waals surface area contributed by atoms with Crippen LogP contribution in [0.1, 0.15) is 31.9 Å². The third-order valence-corrected chi connectivity index (χ3v) is 6.08. The molecule has 1 heterocycles. The van der Waals surface area contributed by atoms with Crippen LogP contribution in [-0.4, -0.2) is 36.7 Å². The summed E-state index contributed by atoms with van der Waals surface area (Å²) in [7, 11) is -3.61.